The van der Waals surface area contributed by atoms with Crippen LogP contribution in [-0.4, -0.2) is 42.7 Å². The topological polar surface area (TPSA) is 77.4 Å². The second-order valence-electron chi connectivity index (χ2n) is 8.09. The molecule has 0 bridgehead atoms. The molecule has 0 saturated carbocycles. The molecule has 0 radical (unpaired) electrons. The van der Waals surface area contributed by atoms with Crippen molar-refractivity contribution in [2.75, 3.05) is 20.8 Å². The molecule has 1 amide bonds. The van der Waals surface area contributed by atoms with Crippen LogP contribution in [0.25, 0.3) is 6.08 Å². The predicted molar refractivity (Wildman–Crippen MR) is 154 cm³/mol. The first-order valence-electron chi connectivity index (χ1n) is 11.6. The van der Waals surface area contributed by atoms with Gasteiger partial charge in [0.1, 0.15) is 6.61 Å². The van der Waals surface area contributed by atoms with Crippen LogP contribution < -0.4 is 9.47 Å². The number of carbonyl (C=O) groups is 2. The first-order chi connectivity index (χ1) is 18.3. The van der Waals surface area contributed by atoms with Gasteiger partial charge in [0.15, 0.2) is 16.7 Å². The number of ether oxygens (including phenoxy) is 3. The maximum absolute atomic E-state index is 13.0. The zero-order valence-corrected chi connectivity index (χ0v) is 24.0. The van der Waals surface area contributed by atoms with Gasteiger partial charge in [0.2, 0.25) is 0 Å². The number of methoxy groups -OCH3 is 1. The third kappa shape index (κ3) is 6.59. The summed E-state index contributed by atoms with van der Waals surface area (Å²) in [6.45, 7) is 2.69. The van der Waals surface area contributed by atoms with E-state index in [4.69, 9.17) is 25.8 Å². The lowest BCUT2D eigenvalue weighted by Crippen LogP contribution is -2.23. The van der Waals surface area contributed by atoms with E-state index >= 15 is 0 Å². The Morgan fingerprint density at radius 1 is 1.11 bits per heavy atom. The molecule has 3 aromatic carbocycles. The van der Waals surface area contributed by atoms with Gasteiger partial charge in [-0.15, -0.1) is 0 Å². The summed E-state index contributed by atoms with van der Waals surface area (Å²) in [5.74, 6) is 0.545. The van der Waals surface area contributed by atoms with Gasteiger partial charge in [-0.05, 0) is 100 Å². The average Bonchev–Trinajstić information content (AvgIpc) is 3.17. The molecule has 7 nitrogen and oxygen atoms in total. The van der Waals surface area contributed by atoms with Crippen LogP contribution in [0.4, 0.5) is 5.69 Å². The van der Waals surface area contributed by atoms with Gasteiger partial charge in [0, 0.05) is 12.1 Å². The molecule has 0 atom stereocenters. The summed E-state index contributed by atoms with van der Waals surface area (Å²) in [4.78, 5) is 31.2. The molecule has 196 valence electrons. The highest BCUT2D eigenvalue weighted by atomic mass is 79.9. The van der Waals surface area contributed by atoms with Gasteiger partial charge in [0.05, 0.1) is 34.3 Å². The minimum Gasteiger partial charge on any atom is -0.490 e. The Morgan fingerprint density at radius 2 is 1.82 bits per heavy atom. The van der Waals surface area contributed by atoms with Gasteiger partial charge >= 0.3 is 5.97 Å². The Morgan fingerprint density at radius 3 is 2.47 bits per heavy atom. The van der Waals surface area contributed by atoms with Crippen LogP contribution >= 0.6 is 39.3 Å². The van der Waals surface area contributed by atoms with Crippen LogP contribution in [0.2, 0.25) is 5.02 Å². The molecule has 1 fully saturated rings. The minimum atomic E-state index is -0.420. The third-order valence-electron chi connectivity index (χ3n) is 5.44. The fraction of sp³-hybridized carbons (Fsp3) is 0.179. The van der Waals surface area contributed by atoms with Gasteiger partial charge in [0.25, 0.3) is 5.91 Å². The maximum Gasteiger partial charge on any atom is 0.337 e. The van der Waals surface area contributed by atoms with Crippen LogP contribution in [0.1, 0.15) is 28.4 Å². The van der Waals surface area contributed by atoms with Crippen LogP contribution in [0, 0.1) is 0 Å². The molecule has 1 saturated heterocycles. The molecular weight excluding hydrogens is 592 g/mol. The fourth-order valence-corrected chi connectivity index (χ4v) is 5.20. The Kier molecular flexibility index (Phi) is 9.14. The second-order valence-corrected chi connectivity index (χ2v) is 10.4. The van der Waals surface area contributed by atoms with Crippen molar-refractivity contribution in [3.05, 3.63) is 91.8 Å². The number of esters is 1. The predicted octanol–water partition coefficient (Wildman–Crippen LogP) is 7.10. The number of amides is 1. The van der Waals surface area contributed by atoms with E-state index in [1.807, 2.05) is 43.3 Å². The van der Waals surface area contributed by atoms with Crippen molar-refractivity contribution in [2.45, 2.75) is 13.5 Å². The molecule has 10 heteroatoms. The summed E-state index contributed by atoms with van der Waals surface area (Å²) in [6, 6.07) is 17.8. The quantitative estimate of drug-likeness (QED) is 0.199. The van der Waals surface area contributed by atoms with Gasteiger partial charge in [-0.3, -0.25) is 9.69 Å². The minimum absolute atomic E-state index is 0.169. The first-order valence-corrected chi connectivity index (χ1v) is 13.6. The molecular formula is C28H24BrClN2O5S. The van der Waals surface area contributed by atoms with E-state index in [-0.39, 0.29) is 5.91 Å². The summed E-state index contributed by atoms with van der Waals surface area (Å²) in [7, 11) is 3.00. The number of hydrogen-bond donors (Lipinski definition) is 0. The highest BCUT2D eigenvalue weighted by Gasteiger charge is 2.30. The highest BCUT2D eigenvalue weighted by molar-refractivity contribution is 9.10. The number of halogens is 2. The molecule has 1 aliphatic heterocycles. The summed E-state index contributed by atoms with van der Waals surface area (Å²) in [5, 5.41) is 1.19. The number of carbonyl (C=O) groups excluding carboxylic acids is 2. The highest BCUT2D eigenvalue weighted by Crippen LogP contribution is 2.40. The van der Waals surface area contributed by atoms with Gasteiger partial charge in [-0.1, -0.05) is 23.7 Å². The smallest absolute Gasteiger partial charge is 0.337 e. The number of aliphatic imine (C=N–C) groups is 1. The van der Waals surface area contributed by atoms with E-state index in [2.05, 4.69) is 20.9 Å². The van der Waals surface area contributed by atoms with Crippen molar-refractivity contribution in [2.24, 2.45) is 4.99 Å². The monoisotopic (exact) mass is 614 g/mol. The molecule has 0 spiro atoms. The van der Waals surface area contributed by atoms with E-state index in [0.717, 1.165) is 11.1 Å². The van der Waals surface area contributed by atoms with Crippen molar-refractivity contribution in [3.8, 4) is 11.5 Å². The van der Waals surface area contributed by atoms with E-state index in [1.165, 1.54) is 23.8 Å². The molecule has 0 aliphatic carbocycles. The van der Waals surface area contributed by atoms with E-state index in [0.29, 0.717) is 55.5 Å². The molecule has 0 unspecified atom stereocenters. The largest absolute Gasteiger partial charge is 0.490 e. The number of rotatable bonds is 8. The summed E-state index contributed by atoms with van der Waals surface area (Å²) < 4.78 is 17.3. The molecule has 3 aromatic rings. The van der Waals surface area contributed by atoms with E-state index < -0.39 is 5.97 Å². The van der Waals surface area contributed by atoms with Crippen molar-refractivity contribution >= 4 is 68.1 Å². The molecule has 0 N–H and O–H groups in total. The first kappa shape index (κ1) is 27.8. The lowest BCUT2D eigenvalue weighted by atomic mass is 10.1. The number of hydrogen-bond acceptors (Lipinski definition) is 7. The standard InChI is InChI=1S/C28H24BrClN2O5S/c1-4-36-23-14-18(13-22(29)25(23)37-16-17-5-9-20(30)10-6-17)15-24-26(33)32(2)28(38-24)31-21-11-7-19(8-12-21)27(34)35-3/h5-15H,4,16H2,1-3H3. The molecule has 0 aromatic heterocycles. The molecule has 1 heterocycles. The lowest BCUT2D eigenvalue weighted by Gasteiger charge is -2.15. The van der Waals surface area contributed by atoms with Crippen molar-refractivity contribution in [3.63, 3.8) is 0 Å². The Balaban J connectivity index is 1.55. The fourth-order valence-electron chi connectivity index (χ4n) is 3.51. The molecule has 4 rings (SSSR count). The van der Waals surface area contributed by atoms with Crippen molar-refractivity contribution < 1.29 is 23.8 Å². The van der Waals surface area contributed by atoms with E-state index in [1.54, 1.807) is 37.4 Å². The van der Waals surface area contributed by atoms with Crippen LogP contribution in [0.3, 0.4) is 0 Å². The number of amidine groups is 1. The second kappa shape index (κ2) is 12.5. The normalized spacial score (nSPS) is 15.3. The van der Waals surface area contributed by atoms with Gasteiger partial charge in [-0.25, -0.2) is 9.79 Å². The summed E-state index contributed by atoms with van der Waals surface area (Å²) in [5.41, 5.74) is 2.78. The van der Waals surface area contributed by atoms with Crippen molar-refractivity contribution in [1.29, 1.82) is 0 Å². The van der Waals surface area contributed by atoms with E-state index in [9.17, 15) is 9.59 Å². The Bertz CT molecular complexity index is 1410. The molecule has 38 heavy (non-hydrogen) atoms. The zero-order valence-electron chi connectivity index (χ0n) is 20.9. The maximum atomic E-state index is 13.0. The van der Waals surface area contributed by atoms with Crippen LogP contribution in [0.15, 0.2) is 75.0 Å². The summed E-state index contributed by atoms with van der Waals surface area (Å²) in [6.07, 6.45) is 1.79. The van der Waals surface area contributed by atoms with Gasteiger partial charge in [-0.2, -0.15) is 0 Å². The van der Waals surface area contributed by atoms with Crippen molar-refractivity contribution in [1.82, 2.24) is 4.90 Å². The van der Waals surface area contributed by atoms with Gasteiger partial charge < -0.3 is 14.2 Å². The third-order valence-corrected chi connectivity index (χ3v) is 7.34. The number of benzene rings is 3. The van der Waals surface area contributed by atoms with Crippen LogP contribution in [0.5, 0.6) is 11.5 Å². The van der Waals surface area contributed by atoms with Crippen LogP contribution in [-0.2, 0) is 16.1 Å². The Hall–Kier alpha value is -3.27. The summed E-state index contributed by atoms with van der Waals surface area (Å²) >= 11 is 10.8. The molecule has 1 aliphatic rings. The Labute approximate surface area is 238 Å². The SMILES string of the molecule is CCOc1cc(C=C2SC(=Nc3ccc(C(=O)OC)cc3)N(C)C2=O)cc(Br)c1OCc1ccc(Cl)cc1. The number of nitrogens with zero attached hydrogens (tertiary/aromatic N) is 2. The zero-order chi connectivity index (χ0) is 27.2. The average molecular weight is 616 g/mol. The number of likely N-dealkylation sites (N-methyl/N-ethyl adjacent to an activating group) is 1. The number of thioether (sulfide) groups is 1. The lowest BCUT2D eigenvalue weighted by molar-refractivity contribution is -0.121.